The van der Waals surface area contributed by atoms with Crippen molar-refractivity contribution in [3.63, 3.8) is 0 Å². The molecule has 0 radical (unpaired) electrons. The van der Waals surface area contributed by atoms with Crippen molar-refractivity contribution >= 4 is 22.7 Å². The van der Waals surface area contributed by atoms with Gasteiger partial charge in [0.25, 0.3) is 0 Å². The summed E-state index contributed by atoms with van der Waals surface area (Å²) in [5.74, 6) is 1.37. The number of oxazole rings is 1. The van der Waals surface area contributed by atoms with Crippen LogP contribution in [0.15, 0.2) is 22.6 Å². The van der Waals surface area contributed by atoms with Gasteiger partial charge in [0.15, 0.2) is 11.5 Å². The van der Waals surface area contributed by atoms with Crippen LogP contribution in [-0.4, -0.2) is 24.5 Å². The molecular weight excluding hydrogens is 254 g/mol. The van der Waals surface area contributed by atoms with Crippen LogP contribution in [0, 0.1) is 0 Å². The number of carbonyl (C=O) groups is 1. The monoisotopic (exact) mass is 273 g/mol. The fourth-order valence-electron chi connectivity index (χ4n) is 2.18. The third kappa shape index (κ3) is 2.99. The van der Waals surface area contributed by atoms with Gasteiger partial charge in [-0.3, -0.25) is 4.79 Å². The first-order valence-electron chi connectivity index (χ1n) is 7.11. The summed E-state index contributed by atoms with van der Waals surface area (Å²) < 4.78 is 5.70. The van der Waals surface area contributed by atoms with Gasteiger partial charge in [-0.05, 0) is 51.1 Å². The first-order chi connectivity index (χ1) is 9.76. The number of carbonyl (C=O) groups excluding carboxylic acids is 1. The normalized spacial score (nSPS) is 14.7. The number of hydrogen-bond acceptors (Lipinski definition) is 4. The molecule has 1 aromatic heterocycles. The zero-order valence-electron chi connectivity index (χ0n) is 11.6. The highest BCUT2D eigenvalue weighted by molar-refractivity contribution is 5.92. The molecule has 0 spiro atoms. The van der Waals surface area contributed by atoms with Crippen LogP contribution in [0.4, 0.5) is 5.69 Å². The number of nitrogens with one attached hydrogen (secondary N) is 2. The number of nitrogens with zero attached hydrogens (tertiary/aromatic N) is 1. The van der Waals surface area contributed by atoms with Gasteiger partial charge in [-0.1, -0.05) is 0 Å². The van der Waals surface area contributed by atoms with Crippen molar-refractivity contribution in [2.75, 3.05) is 18.9 Å². The highest BCUT2D eigenvalue weighted by atomic mass is 16.3. The number of rotatable bonds is 6. The number of amides is 1. The van der Waals surface area contributed by atoms with Gasteiger partial charge in [0.2, 0.25) is 5.91 Å². The quantitative estimate of drug-likeness (QED) is 0.794. The molecule has 1 amide bonds. The maximum absolute atomic E-state index is 11.8. The lowest BCUT2D eigenvalue weighted by Crippen LogP contribution is -2.15. The zero-order chi connectivity index (χ0) is 13.9. The summed E-state index contributed by atoms with van der Waals surface area (Å²) in [4.78, 5) is 16.3. The fourth-order valence-corrected chi connectivity index (χ4v) is 2.18. The lowest BCUT2D eigenvalue weighted by molar-refractivity contribution is -0.116. The molecule has 3 rings (SSSR count). The van der Waals surface area contributed by atoms with Crippen LogP contribution >= 0.6 is 0 Å². The average molecular weight is 273 g/mol. The van der Waals surface area contributed by atoms with Gasteiger partial charge in [-0.15, -0.1) is 0 Å². The van der Waals surface area contributed by atoms with E-state index in [9.17, 15) is 4.79 Å². The van der Waals surface area contributed by atoms with E-state index in [4.69, 9.17) is 4.42 Å². The van der Waals surface area contributed by atoms with Crippen molar-refractivity contribution in [1.82, 2.24) is 10.3 Å². The molecule has 1 aliphatic rings. The zero-order valence-corrected chi connectivity index (χ0v) is 11.6. The SMILES string of the molecule is CNCCCC(=O)Nc1ccc2oc(C3CC3)nc2c1. The van der Waals surface area contributed by atoms with Gasteiger partial charge >= 0.3 is 0 Å². The Labute approximate surface area is 117 Å². The molecule has 1 aromatic carbocycles. The number of hydrogen-bond donors (Lipinski definition) is 2. The molecular formula is C15H19N3O2. The summed E-state index contributed by atoms with van der Waals surface area (Å²) in [6, 6.07) is 5.61. The fraction of sp³-hybridized carbons (Fsp3) is 0.467. The topological polar surface area (TPSA) is 67.2 Å². The molecule has 0 saturated heterocycles. The lowest BCUT2D eigenvalue weighted by Gasteiger charge is -2.04. The van der Waals surface area contributed by atoms with Crippen molar-refractivity contribution in [3.8, 4) is 0 Å². The Balaban J connectivity index is 1.67. The van der Waals surface area contributed by atoms with Crippen LogP contribution in [0.25, 0.3) is 11.1 Å². The van der Waals surface area contributed by atoms with E-state index in [1.165, 1.54) is 12.8 Å². The maximum Gasteiger partial charge on any atom is 0.224 e. The predicted octanol–water partition coefficient (Wildman–Crippen LogP) is 2.64. The van der Waals surface area contributed by atoms with Gasteiger partial charge in [0, 0.05) is 18.0 Å². The van der Waals surface area contributed by atoms with Gasteiger partial charge in [-0.25, -0.2) is 4.98 Å². The summed E-state index contributed by atoms with van der Waals surface area (Å²) in [7, 11) is 1.88. The van der Waals surface area contributed by atoms with Crippen molar-refractivity contribution in [1.29, 1.82) is 0 Å². The Morgan fingerprint density at radius 3 is 3.05 bits per heavy atom. The number of fused-ring (bicyclic) bond motifs is 1. The van der Waals surface area contributed by atoms with Crippen LogP contribution in [0.3, 0.4) is 0 Å². The van der Waals surface area contributed by atoms with Crippen molar-refractivity contribution in [2.24, 2.45) is 0 Å². The third-order valence-electron chi connectivity index (χ3n) is 3.45. The van der Waals surface area contributed by atoms with Crippen LogP contribution in [0.5, 0.6) is 0 Å². The van der Waals surface area contributed by atoms with Crippen molar-refractivity contribution in [3.05, 3.63) is 24.1 Å². The van der Waals surface area contributed by atoms with Gasteiger partial charge in [0.05, 0.1) is 0 Å². The molecule has 20 heavy (non-hydrogen) atoms. The molecule has 5 nitrogen and oxygen atoms in total. The Morgan fingerprint density at radius 2 is 2.30 bits per heavy atom. The molecule has 1 heterocycles. The van der Waals surface area contributed by atoms with Gasteiger partial charge < -0.3 is 15.1 Å². The molecule has 1 saturated carbocycles. The Kier molecular flexibility index (Phi) is 3.69. The van der Waals surface area contributed by atoms with Gasteiger partial charge in [-0.2, -0.15) is 0 Å². The summed E-state index contributed by atoms with van der Waals surface area (Å²) in [5.41, 5.74) is 2.39. The van der Waals surface area contributed by atoms with Gasteiger partial charge in [0.1, 0.15) is 5.52 Å². The molecule has 2 aromatic rings. The summed E-state index contributed by atoms with van der Waals surface area (Å²) >= 11 is 0. The Hall–Kier alpha value is -1.88. The van der Waals surface area contributed by atoms with Crippen molar-refractivity contribution < 1.29 is 9.21 Å². The third-order valence-corrected chi connectivity index (χ3v) is 3.45. The minimum atomic E-state index is 0.0329. The molecule has 2 N–H and O–H groups in total. The van der Waals surface area contributed by atoms with Crippen molar-refractivity contribution in [2.45, 2.75) is 31.6 Å². The second-order valence-corrected chi connectivity index (χ2v) is 5.26. The smallest absolute Gasteiger partial charge is 0.224 e. The standard InChI is InChI=1S/C15H19N3O2/c1-16-8-2-3-14(19)17-11-6-7-13-12(9-11)18-15(20-13)10-4-5-10/h6-7,9-10,16H,2-5,8H2,1H3,(H,17,19). The predicted molar refractivity (Wildman–Crippen MR) is 77.8 cm³/mol. The molecule has 106 valence electrons. The molecule has 0 atom stereocenters. The first-order valence-corrected chi connectivity index (χ1v) is 7.11. The second kappa shape index (κ2) is 5.63. The summed E-state index contributed by atoms with van der Waals surface area (Å²) in [6.07, 6.45) is 3.69. The van der Waals surface area contributed by atoms with Crippen LogP contribution in [0.2, 0.25) is 0 Å². The summed E-state index contributed by atoms with van der Waals surface area (Å²) in [5, 5.41) is 5.93. The molecule has 0 unspecified atom stereocenters. The average Bonchev–Trinajstić information content (AvgIpc) is 3.19. The van der Waals surface area contributed by atoms with E-state index in [0.717, 1.165) is 35.6 Å². The van der Waals surface area contributed by atoms with Crippen LogP contribution in [-0.2, 0) is 4.79 Å². The summed E-state index contributed by atoms with van der Waals surface area (Å²) in [6.45, 7) is 0.848. The molecule has 1 fully saturated rings. The van der Waals surface area contributed by atoms with E-state index in [2.05, 4.69) is 15.6 Å². The Bertz CT molecular complexity index is 617. The molecule has 0 bridgehead atoms. The second-order valence-electron chi connectivity index (χ2n) is 5.26. The maximum atomic E-state index is 11.8. The van der Waals surface area contributed by atoms with E-state index >= 15 is 0 Å². The van der Waals surface area contributed by atoms with E-state index in [1.54, 1.807) is 0 Å². The lowest BCUT2D eigenvalue weighted by atomic mass is 10.2. The largest absolute Gasteiger partial charge is 0.440 e. The minimum absolute atomic E-state index is 0.0329. The number of aromatic nitrogens is 1. The highest BCUT2D eigenvalue weighted by Crippen LogP contribution is 2.40. The van der Waals surface area contributed by atoms with Crippen LogP contribution < -0.4 is 10.6 Å². The number of anilines is 1. The van der Waals surface area contributed by atoms with E-state index in [0.29, 0.717) is 12.3 Å². The highest BCUT2D eigenvalue weighted by Gasteiger charge is 2.28. The van der Waals surface area contributed by atoms with Crippen LogP contribution in [0.1, 0.15) is 37.5 Å². The molecule has 1 aliphatic carbocycles. The van der Waals surface area contributed by atoms with E-state index < -0.39 is 0 Å². The number of benzene rings is 1. The molecule has 5 heteroatoms. The first kappa shape index (κ1) is 13.1. The van der Waals surface area contributed by atoms with E-state index in [1.807, 2.05) is 25.2 Å². The van der Waals surface area contributed by atoms with E-state index in [-0.39, 0.29) is 5.91 Å². The Morgan fingerprint density at radius 1 is 1.45 bits per heavy atom. The minimum Gasteiger partial charge on any atom is -0.440 e. The molecule has 0 aliphatic heterocycles.